The molecule has 0 saturated carbocycles. The molecule has 2 aromatic rings. The summed E-state index contributed by atoms with van der Waals surface area (Å²) in [6, 6.07) is 7.39. The molecule has 2 aliphatic rings. The average Bonchev–Trinajstić information content (AvgIpc) is 3.06. The van der Waals surface area contributed by atoms with E-state index in [1.807, 2.05) is 30.7 Å². The van der Waals surface area contributed by atoms with Crippen molar-refractivity contribution in [1.82, 2.24) is 15.1 Å². The third-order valence-corrected chi connectivity index (χ3v) is 6.71. The third-order valence-electron chi connectivity index (χ3n) is 6.71. The number of hydrogen-bond donors (Lipinski definition) is 1. The number of aromatic nitrogens is 2. The van der Waals surface area contributed by atoms with Crippen LogP contribution in [-0.2, 0) is 28.9 Å². The Morgan fingerprint density at radius 1 is 1.28 bits per heavy atom. The molecule has 1 fully saturated rings. The van der Waals surface area contributed by atoms with Gasteiger partial charge in [0.25, 0.3) is 5.91 Å². The molecule has 0 radical (unpaired) electrons. The number of benzene rings is 1. The first-order chi connectivity index (χ1) is 15.4. The van der Waals surface area contributed by atoms with Crippen LogP contribution >= 0.6 is 0 Å². The summed E-state index contributed by atoms with van der Waals surface area (Å²) in [5.41, 5.74) is 4.38. The van der Waals surface area contributed by atoms with Gasteiger partial charge in [0.2, 0.25) is 0 Å². The topological polar surface area (TPSA) is 82.5 Å². The van der Waals surface area contributed by atoms with Crippen LogP contribution in [0.25, 0.3) is 0 Å². The maximum absolute atomic E-state index is 12.9. The molecule has 1 spiro atoms. The first-order valence-electron chi connectivity index (χ1n) is 11.6. The molecule has 1 N–H and O–H groups in total. The molecule has 1 aromatic carbocycles. The van der Waals surface area contributed by atoms with Crippen molar-refractivity contribution >= 4 is 11.9 Å². The van der Waals surface area contributed by atoms with E-state index in [-0.39, 0.29) is 23.2 Å². The summed E-state index contributed by atoms with van der Waals surface area (Å²) in [5.74, 6) is -0.261. The number of fused-ring (bicyclic) bond motifs is 1. The van der Waals surface area contributed by atoms with E-state index in [0.717, 1.165) is 49.3 Å². The highest BCUT2D eigenvalue weighted by Crippen LogP contribution is 2.38. The van der Waals surface area contributed by atoms with E-state index < -0.39 is 0 Å². The Labute approximate surface area is 189 Å². The molecule has 1 atom stereocenters. The Morgan fingerprint density at radius 2 is 2.00 bits per heavy atom. The van der Waals surface area contributed by atoms with E-state index in [4.69, 9.17) is 14.6 Å². The molecule has 4 rings (SSSR count). The van der Waals surface area contributed by atoms with E-state index in [1.165, 1.54) is 0 Å². The van der Waals surface area contributed by atoms with Gasteiger partial charge in [-0.25, -0.2) is 4.79 Å². The smallest absolute Gasteiger partial charge is 0.338 e. The molecule has 0 bridgehead atoms. The number of ether oxygens (including phenoxy) is 2. The number of amides is 1. The van der Waals surface area contributed by atoms with Crippen LogP contribution < -0.4 is 5.32 Å². The predicted octanol–water partition coefficient (Wildman–Crippen LogP) is 3.33. The average molecular weight is 440 g/mol. The van der Waals surface area contributed by atoms with Crippen molar-refractivity contribution in [2.24, 2.45) is 11.3 Å². The van der Waals surface area contributed by atoms with Crippen LogP contribution in [0.2, 0.25) is 0 Å². The molecule has 1 aromatic heterocycles. The molecular weight excluding hydrogens is 406 g/mol. The lowest BCUT2D eigenvalue weighted by Crippen LogP contribution is -2.40. The Morgan fingerprint density at radius 3 is 2.69 bits per heavy atom. The van der Waals surface area contributed by atoms with E-state index in [9.17, 15) is 9.59 Å². The molecule has 2 aliphatic heterocycles. The maximum atomic E-state index is 12.9. The minimum Gasteiger partial charge on any atom is -0.462 e. The van der Waals surface area contributed by atoms with Crippen LogP contribution in [-0.4, -0.2) is 48.0 Å². The number of hydrogen-bond acceptors (Lipinski definition) is 5. The van der Waals surface area contributed by atoms with E-state index in [0.29, 0.717) is 37.4 Å². The van der Waals surface area contributed by atoms with Crippen LogP contribution in [0.5, 0.6) is 0 Å². The number of esters is 1. The van der Waals surface area contributed by atoms with Crippen molar-refractivity contribution in [2.75, 3.05) is 26.4 Å². The summed E-state index contributed by atoms with van der Waals surface area (Å²) in [6.07, 6.45) is 3.37. The molecule has 1 saturated heterocycles. The van der Waals surface area contributed by atoms with E-state index >= 15 is 0 Å². The second-order valence-electron chi connectivity index (χ2n) is 9.34. The monoisotopic (exact) mass is 439 g/mol. The lowest BCUT2D eigenvalue weighted by molar-refractivity contribution is 0.0160. The SMILES string of the molecule is CCn1nc(CC(C)COC(=O)c2ccc(C)cc2)c2c1C(=O)NCC1(CCOCC1)C2. The summed E-state index contributed by atoms with van der Waals surface area (Å²) in [5, 5.41) is 7.94. The molecule has 0 aliphatic carbocycles. The van der Waals surface area contributed by atoms with Gasteiger partial charge in [-0.2, -0.15) is 5.10 Å². The number of aryl methyl sites for hydroxylation is 2. The number of nitrogens with zero attached hydrogens (tertiary/aromatic N) is 2. The van der Waals surface area contributed by atoms with Gasteiger partial charge in [0.1, 0.15) is 5.69 Å². The highest BCUT2D eigenvalue weighted by Gasteiger charge is 2.39. The first-order valence-corrected chi connectivity index (χ1v) is 11.6. The second-order valence-corrected chi connectivity index (χ2v) is 9.34. The van der Waals surface area contributed by atoms with Crippen LogP contribution in [0.1, 0.15) is 64.4 Å². The largest absolute Gasteiger partial charge is 0.462 e. The summed E-state index contributed by atoms with van der Waals surface area (Å²) in [6.45, 7) is 9.14. The van der Waals surface area contributed by atoms with Gasteiger partial charge in [0, 0.05) is 31.9 Å². The highest BCUT2D eigenvalue weighted by atomic mass is 16.5. The molecule has 7 nitrogen and oxygen atoms in total. The molecule has 1 unspecified atom stereocenters. The zero-order chi connectivity index (χ0) is 22.7. The summed E-state index contributed by atoms with van der Waals surface area (Å²) in [7, 11) is 0. The minimum atomic E-state index is -0.310. The van der Waals surface area contributed by atoms with Gasteiger partial charge >= 0.3 is 5.97 Å². The van der Waals surface area contributed by atoms with Crippen molar-refractivity contribution in [1.29, 1.82) is 0 Å². The van der Waals surface area contributed by atoms with Crippen molar-refractivity contribution in [3.63, 3.8) is 0 Å². The fourth-order valence-electron chi connectivity index (χ4n) is 4.71. The molecule has 1 amide bonds. The standard InChI is InChI=1S/C25H33N3O4/c1-4-28-22-20(14-25(16-26-23(22)29)9-11-31-12-10-25)21(27-28)13-18(3)15-32-24(30)19-7-5-17(2)6-8-19/h5-8,18H,4,9-16H2,1-3H3,(H,26,29). The fourth-order valence-corrected chi connectivity index (χ4v) is 4.71. The van der Waals surface area contributed by atoms with Crippen LogP contribution in [0.15, 0.2) is 24.3 Å². The van der Waals surface area contributed by atoms with Crippen molar-refractivity contribution in [2.45, 2.75) is 53.0 Å². The van der Waals surface area contributed by atoms with E-state index in [2.05, 4.69) is 12.2 Å². The maximum Gasteiger partial charge on any atom is 0.338 e. The molecule has 32 heavy (non-hydrogen) atoms. The van der Waals surface area contributed by atoms with Gasteiger partial charge in [-0.05, 0) is 63.0 Å². The predicted molar refractivity (Wildman–Crippen MR) is 121 cm³/mol. The Hall–Kier alpha value is -2.67. The Bertz CT molecular complexity index is 974. The number of nitrogens with one attached hydrogen (secondary N) is 1. The van der Waals surface area contributed by atoms with Crippen molar-refractivity contribution in [3.8, 4) is 0 Å². The quantitative estimate of drug-likeness (QED) is 0.698. The lowest BCUT2D eigenvalue weighted by atomic mass is 9.75. The van der Waals surface area contributed by atoms with Gasteiger partial charge in [0.15, 0.2) is 0 Å². The van der Waals surface area contributed by atoms with Crippen LogP contribution in [0, 0.1) is 18.3 Å². The summed E-state index contributed by atoms with van der Waals surface area (Å²) in [4.78, 5) is 25.3. The van der Waals surface area contributed by atoms with Crippen LogP contribution in [0.3, 0.4) is 0 Å². The van der Waals surface area contributed by atoms with Gasteiger partial charge in [0.05, 0.1) is 17.9 Å². The minimum absolute atomic E-state index is 0.0245. The lowest BCUT2D eigenvalue weighted by Gasteiger charge is -2.36. The normalized spacial score (nSPS) is 18.5. The summed E-state index contributed by atoms with van der Waals surface area (Å²) < 4.78 is 13.0. The van der Waals surface area contributed by atoms with E-state index in [1.54, 1.807) is 12.1 Å². The highest BCUT2D eigenvalue weighted by molar-refractivity contribution is 5.94. The molecular formula is C25H33N3O4. The molecule has 3 heterocycles. The first kappa shape index (κ1) is 22.5. The molecule has 172 valence electrons. The fraction of sp³-hybridized carbons (Fsp3) is 0.560. The van der Waals surface area contributed by atoms with Gasteiger partial charge < -0.3 is 14.8 Å². The van der Waals surface area contributed by atoms with Crippen molar-refractivity contribution < 1.29 is 19.1 Å². The van der Waals surface area contributed by atoms with Gasteiger partial charge in [-0.15, -0.1) is 0 Å². The van der Waals surface area contributed by atoms with Gasteiger partial charge in [-0.1, -0.05) is 24.6 Å². The molecule has 7 heteroatoms. The Kier molecular flexibility index (Phi) is 6.65. The third kappa shape index (κ3) is 4.72. The van der Waals surface area contributed by atoms with Crippen LogP contribution in [0.4, 0.5) is 0 Å². The summed E-state index contributed by atoms with van der Waals surface area (Å²) >= 11 is 0. The number of rotatable bonds is 6. The number of carbonyl (C=O) groups is 2. The Balaban J connectivity index is 1.49. The zero-order valence-electron chi connectivity index (χ0n) is 19.3. The van der Waals surface area contributed by atoms with Gasteiger partial charge in [-0.3, -0.25) is 9.48 Å². The second kappa shape index (κ2) is 9.45. The number of carbonyl (C=O) groups excluding carboxylic acids is 2. The zero-order valence-corrected chi connectivity index (χ0v) is 19.3. The van der Waals surface area contributed by atoms with Crippen molar-refractivity contribution in [3.05, 3.63) is 52.3 Å².